The van der Waals surface area contributed by atoms with E-state index in [1.54, 1.807) is 19.2 Å². The Labute approximate surface area is 264 Å². The van der Waals surface area contributed by atoms with Crippen molar-refractivity contribution in [3.63, 3.8) is 0 Å². The minimum absolute atomic E-state index is 0.0905. The van der Waals surface area contributed by atoms with Crippen molar-refractivity contribution in [3.8, 4) is 11.5 Å². The maximum absolute atomic E-state index is 12.6. The predicted octanol–water partition coefficient (Wildman–Crippen LogP) is 4.56. The number of likely N-dealkylation sites (tertiary alicyclic amines) is 1. The highest BCUT2D eigenvalue weighted by Gasteiger charge is 2.34. The number of phenols is 1. The number of carbonyl (C=O) groups is 3. The van der Waals surface area contributed by atoms with Crippen molar-refractivity contribution >= 4 is 35.4 Å². The van der Waals surface area contributed by atoms with Crippen molar-refractivity contribution < 1.29 is 24.2 Å². The zero-order chi connectivity index (χ0) is 32.3. The van der Waals surface area contributed by atoms with Crippen molar-refractivity contribution in [1.29, 1.82) is 0 Å². The molecule has 238 valence electrons. The second kappa shape index (κ2) is 19.7. The molecule has 1 aliphatic heterocycles. The molecule has 0 spiro atoms. The summed E-state index contributed by atoms with van der Waals surface area (Å²) in [5.74, 6) is 1.33. The summed E-state index contributed by atoms with van der Waals surface area (Å²) in [6.07, 6.45) is 4.19. The molecule has 1 fully saturated rings. The van der Waals surface area contributed by atoms with Crippen LogP contribution in [-0.4, -0.2) is 66.9 Å². The number of nitrogens with two attached hydrogens (primary N) is 1. The topological polar surface area (TPSA) is 146 Å². The lowest BCUT2D eigenvalue weighted by Crippen LogP contribution is -2.48. The number of nitrogens with one attached hydrogen (secondary N) is 2. The van der Waals surface area contributed by atoms with Crippen LogP contribution in [0.5, 0.6) is 11.5 Å². The normalized spacial score (nSPS) is 14.7. The van der Waals surface area contributed by atoms with E-state index in [2.05, 4.69) is 22.5 Å². The van der Waals surface area contributed by atoms with E-state index in [-0.39, 0.29) is 24.4 Å². The fourth-order valence-corrected chi connectivity index (χ4v) is 5.18. The predicted molar refractivity (Wildman–Crippen MR) is 176 cm³/mol. The molecule has 5 N–H and O–H groups in total. The third-order valence-corrected chi connectivity index (χ3v) is 7.78. The van der Waals surface area contributed by atoms with Crippen LogP contribution in [0.25, 0.3) is 0 Å². The zero-order valence-corrected chi connectivity index (χ0v) is 26.8. The largest absolute Gasteiger partial charge is 0.508 e. The maximum Gasteiger partial charge on any atom is 0.243 e. The van der Waals surface area contributed by atoms with Gasteiger partial charge in [0, 0.05) is 29.4 Å². The molecule has 0 bridgehead atoms. The van der Waals surface area contributed by atoms with Crippen LogP contribution in [0.2, 0.25) is 0 Å². The van der Waals surface area contributed by atoms with Crippen molar-refractivity contribution in [2.75, 3.05) is 26.7 Å². The number of unbranched alkanes of at least 4 members (excludes halogenated alkanes) is 1. The third-order valence-electron chi connectivity index (χ3n) is 6.67. The summed E-state index contributed by atoms with van der Waals surface area (Å²) in [6, 6.07) is 18.3. The number of aliphatic imine (C=N–C) groups is 1. The molecule has 10 nitrogen and oxygen atoms in total. The third kappa shape index (κ3) is 12.5. The summed E-state index contributed by atoms with van der Waals surface area (Å²) in [6.45, 7) is 7.27. The van der Waals surface area contributed by atoms with Crippen LogP contribution < -0.4 is 21.1 Å². The molecule has 2 aromatic carbocycles. The molecule has 1 saturated heterocycles. The first kappa shape index (κ1) is 35.8. The summed E-state index contributed by atoms with van der Waals surface area (Å²) < 4.78 is 5.45. The van der Waals surface area contributed by atoms with Gasteiger partial charge in [0.2, 0.25) is 18.2 Å². The van der Waals surface area contributed by atoms with Crippen LogP contribution in [0.1, 0.15) is 61.6 Å². The highest BCUT2D eigenvalue weighted by atomic mass is 32.1. The molecule has 3 aromatic rings. The SMILES string of the molecule is CCCCOc1ccccc1.CN=C(N)c1csc([C@@H](C)NC(=O)C2CCCN2C(=O)CNC=O)c1.Cc1cccc(O)c1. The minimum Gasteiger partial charge on any atom is -0.508 e. The zero-order valence-electron chi connectivity index (χ0n) is 26.0. The Morgan fingerprint density at radius 2 is 1.95 bits per heavy atom. The van der Waals surface area contributed by atoms with E-state index < -0.39 is 6.04 Å². The number of phenolic OH excluding ortho intramolecular Hbond substituents is 1. The van der Waals surface area contributed by atoms with Gasteiger partial charge in [-0.1, -0.05) is 43.7 Å². The Hall–Kier alpha value is -4.38. The number of thiophene rings is 1. The quantitative estimate of drug-likeness (QED) is 0.107. The first-order chi connectivity index (χ1) is 21.2. The lowest BCUT2D eigenvalue weighted by molar-refractivity contribution is -0.138. The Kier molecular flexibility index (Phi) is 16.1. The average molecular weight is 624 g/mol. The van der Waals surface area contributed by atoms with Crippen LogP contribution in [0.15, 0.2) is 71.0 Å². The van der Waals surface area contributed by atoms with Crippen molar-refractivity contribution in [1.82, 2.24) is 15.5 Å². The number of carbonyl (C=O) groups excluding carboxylic acids is 3. The molecule has 1 unspecified atom stereocenters. The summed E-state index contributed by atoms with van der Waals surface area (Å²) in [5, 5.41) is 16.0. The summed E-state index contributed by atoms with van der Waals surface area (Å²) >= 11 is 1.50. The van der Waals surface area contributed by atoms with Gasteiger partial charge in [-0.25, -0.2) is 0 Å². The van der Waals surface area contributed by atoms with Gasteiger partial charge in [0.15, 0.2) is 0 Å². The number of para-hydroxylation sites is 1. The highest BCUT2D eigenvalue weighted by Crippen LogP contribution is 2.24. The molecule has 1 aromatic heterocycles. The van der Waals surface area contributed by atoms with E-state index in [0.29, 0.717) is 31.0 Å². The van der Waals surface area contributed by atoms with Gasteiger partial charge in [-0.3, -0.25) is 19.4 Å². The number of amides is 3. The van der Waals surface area contributed by atoms with Crippen LogP contribution >= 0.6 is 11.3 Å². The maximum atomic E-state index is 12.6. The monoisotopic (exact) mass is 623 g/mol. The fourth-order valence-electron chi connectivity index (χ4n) is 4.27. The lowest BCUT2D eigenvalue weighted by Gasteiger charge is -2.25. The number of benzene rings is 2. The number of amidine groups is 1. The molecule has 0 saturated carbocycles. The molecule has 44 heavy (non-hydrogen) atoms. The van der Waals surface area contributed by atoms with E-state index in [1.807, 2.05) is 67.8 Å². The van der Waals surface area contributed by atoms with Crippen LogP contribution in [0, 0.1) is 6.92 Å². The van der Waals surface area contributed by atoms with Crippen molar-refractivity contribution in [2.45, 2.75) is 58.5 Å². The molecule has 4 rings (SSSR count). The fraction of sp³-hybridized carbons (Fsp3) is 0.394. The van der Waals surface area contributed by atoms with Gasteiger partial charge in [-0.15, -0.1) is 11.3 Å². The van der Waals surface area contributed by atoms with Crippen LogP contribution in [-0.2, 0) is 14.4 Å². The molecule has 11 heteroatoms. The molecule has 1 aliphatic rings. The molecule has 0 aliphatic carbocycles. The number of hydrogen-bond acceptors (Lipinski definition) is 7. The molecular weight excluding hydrogens is 578 g/mol. The van der Waals surface area contributed by atoms with Crippen LogP contribution in [0.3, 0.4) is 0 Å². The molecule has 2 heterocycles. The van der Waals surface area contributed by atoms with E-state index in [9.17, 15) is 14.4 Å². The Morgan fingerprint density at radius 3 is 2.57 bits per heavy atom. The van der Waals surface area contributed by atoms with Crippen molar-refractivity contribution in [2.24, 2.45) is 10.7 Å². The Morgan fingerprint density at radius 1 is 1.20 bits per heavy atom. The summed E-state index contributed by atoms with van der Waals surface area (Å²) in [7, 11) is 1.63. The van der Waals surface area contributed by atoms with E-state index in [1.165, 1.54) is 22.7 Å². The first-order valence-corrected chi connectivity index (χ1v) is 15.6. The van der Waals surface area contributed by atoms with Gasteiger partial charge in [-0.05, 0) is 69.0 Å². The Balaban J connectivity index is 0.000000289. The average Bonchev–Trinajstić information content (AvgIpc) is 3.72. The number of rotatable bonds is 11. The lowest BCUT2D eigenvalue weighted by atomic mass is 10.1. The highest BCUT2D eigenvalue weighted by molar-refractivity contribution is 7.10. The first-order valence-electron chi connectivity index (χ1n) is 14.7. The molecule has 3 amide bonds. The number of aryl methyl sites for hydroxylation is 1. The molecule has 0 radical (unpaired) electrons. The second-order valence-corrected chi connectivity index (χ2v) is 11.1. The van der Waals surface area contributed by atoms with E-state index in [0.717, 1.165) is 41.2 Å². The number of nitrogens with zero attached hydrogens (tertiary/aromatic N) is 2. The Bertz CT molecular complexity index is 1310. The summed E-state index contributed by atoms with van der Waals surface area (Å²) in [5.41, 5.74) is 7.72. The van der Waals surface area contributed by atoms with Gasteiger partial charge >= 0.3 is 0 Å². The van der Waals surface area contributed by atoms with Gasteiger partial charge in [0.25, 0.3) is 0 Å². The standard InChI is InChI=1S/C16H23N5O3S.C10H14O.C7H8O/c1-10(13-6-11(8-25-13)15(17)18-2)20-16(24)12-4-3-5-21(12)14(23)7-19-9-22;1-2-3-9-11-10-7-5-4-6-8-10;1-6-3-2-4-7(8)5-6/h6,8-10,12H,3-5,7H2,1-2H3,(H2,17,18)(H,19,22)(H,20,24);4-8H,2-3,9H2,1H3;2-5,8H,1H3/t10-,12?;;/m1../s1. The van der Waals surface area contributed by atoms with Gasteiger partial charge in [0.1, 0.15) is 23.4 Å². The smallest absolute Gasteiger partial charge is 0.243 e. The van der Waals surface area contributed by atoms with E-state index in [4.69, 9.17) is 15.6 Å². The van der Waals surface area contributed by atoms with Crippen molar-refractivity contribution in [3.05, 3.63) is 82.0 Å². The van der Waals surface area contributed by atoms with Crippen LogP contribution in [0.4, 0.5) is 0 Å². The number of ether oxygens (including phenoxy) is 1. The van der Waals surface area contributed by atoms with Gasteiger partial charge in [-0.2, -0.15) is 0 Å². The van der Waals surface area contributed by atoms with E-state index >= 15 is 0 Å². The minimum atomic E-state index is -0.495. The van der Waals surface area contributed by atoms with Gasteiger partial charge < -0.3 is 31.1 Å². The number of aromatic hydroxyl groups is 1. The van der Waals surface area contributed by atoms with Gasteiger partial charge in [0.05, 0.1) is 19.2 Å². The number of hydrogen-bond donors (Lipinski definition) is 4. The second-order valence-electron chi connectivity index (χ2n) is 10.2. The molecular formula is C33H45N5O5S. The summed E-state index contributed by atoms with van der Waals surface area (Å²) in [4.78, 5) is 41.4. The molecule has 2 atom stereocenters.